The Labute approximate surface area is 184 Å². The minimum Gasteiger partial charge on any atom is -0.507 e. The fraction of sp³-hybridized carbons (Fsp3) is 0.125. The molecule has 1 saturated heterocycles. The zero-order valence-electron chi connectivity index (χ0n) is 16.7. The number of ketones is 1. The lowest BCUT2D eigenvalue weighted by atomic mass is 9.95. The Balaban J connectivity index is 1.84. The maximum Gasteiger partial charge on any atom is 0.295 e. The van der Waals surface area contributed by atoms with Crippen molar-refractivity contribution >= 4 is 29.1 Å². The fourth-order valence-electron chi connectivity index (χ4n) is 3.63. The van der Waals surface area contributed by atoms with Gasteiger partial charge in [0.25, 0.3) is 11.7 Å². The van der Waals surface area contributed by atoms with E-state index in [4.69, 9.17) is 16.3 Å². The van der Waals surface area contributed by atoms with E-state index >= 15 is 0 Å². The van der Waals surface area contributed by atoms with Gasteiger partial charge >= 0.3 is 0 Å². The summed E-state index contributed by atoms with van der Waals surface area (Å²) in [6.45, 7) is 0.172. The van der Waals surface area contributed by atoms with Crippen molar-refractivity contribution in [2.45, 2.75) is 12.6 Å². The van der Waals surface area contributed by atoms with E-state index in [1.165, 1.54) is 4.90 Å². The van der Waals surface area contributed by atoms with E-state index in [0.717, 1.165) is 5.56 Å². The quantitative estimate of drug-likeness (QED) is 0.366. The number of methoxy groups -OCH3 is 1. The van der Waals surface area contributed by atoms with Crippen LogP contribution in [0.25, 0.3) is 5.76 Å². The first kappa shape index (κ1) is 20.6. The molecule has 1 amide bonds. The zero-order chi connectivity index (χ0) is 22.0. The van der Waals surface area contributed by atoms with Crippen LogP contribution in [0.2, 0.25) is 5.02 Å². The van der Waals surface area contributed by atoms with Crippen molar-refractivity contribution in [3.05, 3.63) is 100 Å². The van der Waals surface area contributed by atoms with Gasteiger partial charge in [0, 0.05) is 29.5 Å². The molecule has 7 heteroatoms. The molecule has 3 aromatic rings. The van der Waals surface area contributed by atoms with Crippen molar-refractivity contribution in [2.75, 3.05) is 7.11 Å². The van der Waals surface area contributed by atoms with Crippen molar-refractivity contribution in [1.82, 2.24) is 9.88 Å². The average molecular weight is 435 g/mol. The Kier molecular flexibility index (Phi) is 5.73. The smallest absolute Gasteiger partial charge is 0.295 e. The van der Waals surface area contributed by atoms with E-state index < -0.39 is 17.7 Å². The van der Waals surface area contributed by atoms with Crippen LogP contribution < -0.4 is 4.74 Å². The Morgan fingerprint density at radius 2 is 1.81 bits per heavy atom. The summed E-state index contributed by atoms with van der Waals surface area (Å²) in [5.74, 6) is -1.05. The van der Waals surface area contributed by atoms with Gasteiger partial charge < -0.3 is 14.7 Å². The second-order valence-electron chi connectivity index (χ2n) is 7.07. The van der Waals surface area contributed by atoms with Crippen LogP contribution in [-0.4, -0.2) is 33.8 Å². The molecule has 1 aromatic heterocycles. The highest BCUT2D eigenvalue weighted by atomic mass is 35.5. The molecule has 1 N–H and O–H groups in total. The number of Topliss-reactive ketones (excluding diaryl/α,β-unsaturated/α-hetero) is 1. The Morgan fingerprint density at radius 3 is 2.42 bits per heavy atom. The second kappa shape index (κ2) is 8.62. The van der Waals surface area contributed by atoms with Gasteiger partial charge in [-0.1, -0.05) is 29.8 Å². The minimum atomic E-state index is -0.764. The van der Waals surface area contributed by atoms with E-state index in [0.29, 0.717) is 21.9 Å². The number of hydrogen-bond acceptors (Lipinski definition) is 5. The number of aliphatic hydroxyl groups is 1. The number of hydrogen-bond donors (Lipinski definition) is 1. The number of aliphatic hydroxyl groups excluding tert-OH is 1. The monoisotopic (exact) mass is 434 g/mol. The van der Waals surface area contributed by atoms with Gasteiger partial charge in [0.15, 0.2) is 0 Å². The van der Waals surface area contributed by atoms with Gasteiger partial charge in [0.05, 0.1) is 18.7 Å². The number of pyridine rings is 1. The first-order valence-electron chi connectivity index (χ1n) is 9.57. The number of ether oxygens (including phenoxy) is 1. The lowest BCUT2D eigenvalue weighted by Crippen LogP contribution is -2.29. The van der Waals surface area contributed by atoms with E-state index in [-0.39, 0.29) is 17.9 Å². The van der Waals surface area contributed by atoms with Crippen molar-refractivity contribution in [2.24, 2.45) is 0 Å². The predicted octanol–water partition coefficient (Wildman–Crippen LogP) is 4.37. The molecule has 2 heterocycles. The molecular formula is C24H19ClN2O4. The highest BCUT2D eigenvalue weighted by Crippen LogP contribution is 2.40. The summed E-state index contributed by atoms with van der Waals surface area (Å²) in [4.78, 5) is 31.5. The normalized spacial score (nSPS) is 17.7. The molecule has 0 bridgehead atoms. The molecule has 4 rings (SSSR count). The summed E-state index contributed by atoms with van der Waals surface area (Å²) in [7, 11) is 1.54. The summed E-state index contributed by atoms with van der Waals surface area (Å²) >= 11 is 6.04. The molecule has 0 spiro atoms. The summed E-state index contributed by atoms with van der Waals surface area (Å²) in [6, 6.07) is 16.3. The van der Waals surface area contributed by atoms with Crippen molar-refractivity contribution in [3.8, 4) is 5.75 Å². The summed E-state index contributed by atoms with van der Waals surface area (Å²) in [5, 5.41) is 11.6. The predicted molar refractivity (Wildman–Crippen MR) is 117 cm³/mol. The molecule has 0 radical (unpaired) electrons. The Morgan fingerprint density at radius 1 is 1.10 bits per heavy atom. The molecule has 1 fully saturated rings. The van der Waals surface area contributed by atoms with Crippen LogP contribution in [0, 0.1) is 0 Å². The van der Waals surface area contributed by atoms with Gasteiger partial charge in [-0.3, -0.25) is 14.6 Å². The van der Waals surface area contributed by atoms with E-state index in [2.05, 4.69) is 4.98 Å². The number of likely N-dealkylation sites (tertiary alicyclic amines) is 1. The number of aromatic nitrogens is 1. The maximum absolute atomic E-state index is 13.0. The van der Waals surface area contributed by atoms with Crippen LogP contribution in [-0.2, 0) is 16.1 Å². The molecule has 1 aliphatic heterocycles. The Bertz CT molecular complexity index is 1140. The number of nitrogens with zero attached hydrogens (tertiary/aromatic N) is 2. The molecule has 6 nitrogen and oxygen atoms in total. The van der Waals surface area contributed by atoms with Crippen LogP contribution in [0.4, 0.5) is 0 Å². The van der Waals surface area contributed by atoms with E-state index in [9.17, 15) is 14.7 Å². The molecule has 1 aliphatic rings. The topological polar surface area (TPSA) is 79.7 Å². The zero-order valence-corrected chi connectivity index (χ0v) is 17.4. The van der Waals surface area contributed by atoms with Crippen LogP contribution in [0.5, 0.6) is 5.75 Å². The van der Waals surface area contributed by atoms with Gasteiger partial charge in [-0.15, -0.1) is 0 Å². The summed E-state index contributed by atoms with van der Waals surface area (Å²) in [6.07, 6.45) is 3.28. The van der Waals surface area contributed by atoms with Gasteiger partial charge in [0.1, 0.15) is 11.5 Å². The van der Waals surface area contributed by atoms with E-state index in [1.807, 2.05) is 6.07 Å². The number of carbonyl (C=O) groups excluding carboxylic acids is 2. The highest BCUT2D eigenvalue weighted by molar-refractivity contribution is 6.46. The Hall–Kier alpha value is -3.64. The summed E-state index contributed by atoms with van der Waals surface area (Å²) < 4.78 is 5.15. The molecule has 156 valence electrons. The van der Waals surface area contributed by atoms with Crippen molar-refractivity contribution in [1.29, 1.82) is 0 Å². The van der Waals surface area contributed by atoms with Gasteiger partial charge in [-0.25, -0.2) is 0 Å². The molecular weight excluding hydrogens is 416 g/mol. The fourth-order valence-corrected chi connectivity index (χ4v) is 3.75. The third kappa shape index (κ3) is 4.02. The number of rotatable bonds is 5. The standard InChI is InChI=1S/C24H19ClN2O4/c1-31-19-10-6-17(7-11-19)22(28)20-21(16-4-8-18(25)9-5-16)27(24(30)23(20)29)14-15-3-2-12-26-13-15/h2-13,21,28H,14H2,1H3/b22-20+. The molecule has 1 atom stereocenters. The average Bonchev–Trinajstić information content (AvgIpc) is 3.05. The molecule has 2 aromatic carbocycles. The summed E-state index contributed by atoms with van der Waals surface area (Å²) in [5.41, 5.74) is 1.89. The van der Waals surface area contributed by atoms with Crippen molar-refractivity contribution in [3.63, 3.8) is 0 Å². The van der Waals surface area contributed by atoms with Gasteiger partial charge in [-0.05, 0) is 53.6 Å². The lowest BCUT2D eigenvalue weighted by Gasteiger charge is -2.25. The van der Waals surface area contributed by atoms with Gasteiger partial charge in [-0.2, -0.15) is 0 Å². The van der Waals surface area contributed by atoms with Gasteiger partial charge in [0.2, 0.25) is 0 Å². The van der Waals surface area contributed by atoms with Crippen LogP contribution >= 0.6 is 11.6 Å². The molecule has 1 unspecified atom stereocenters. The van der Waals surface area contributed by atoms with E-state index in [1.54, 1.807) is 74.1 Å². The highest BCUT2D eigenvalue weighted by Gasteiger charge is 2.46. The number of carbonyl (C=O) groups is 2. The largest absolute Gasteiger partial charge is 0.507 e. The van der Waals surface area contributed by atoms with Crippen LogP contribution in [0.15, 0.2) is 78.6 Å². The number of benzene rings is 2. The van der Waals surface area contributed by atoms with Crippen LogP contribution in [0.1, 0.15) is 22.7 Å². The lowest BCUT2D eigenvalue weighted by molar-refractivity contribution is -0.140. The molecule has 0 aliphatic carbocycles. The first-order chi connectivity index (χ1) is 15.0. The third-order valence-corrected chi connectivity index (χ3v) is 5.42. The number of halogens is 1. The minimum absolute atomic E-state index is 0.0291. The maximum atomic E-state index is 13.0. The van der Waals surface area contributed by atoms with Crippen molar-refractivity contribution < 1.29 is 19.4 Å². The number of amides is 1. The van der Waals surface area contributed by atoms with Crippen LogP contribution in [0.3, 0.4) is 0 Å². The first-order valence-corrected chi connectivity index (χ1v) is 9.94. The third-order valence-electron chi connectivity index (χ3n) is 5.16. The SMILES string of the molecule is COc1ccc(/C(O)=C2\C(=O)C(=O)N(Cc3cccnc3)C2c2ccc(Cl)cc2)cc1. The molecule has 31 heavy (non-hydrogen) atoms. The molecule has 0 saturated carbocycles. The second-order valence-corrected chi connectivity index (χ2v) is 7.50.